The van der Waals surface area contributed by atoms with Crippen LogP contribution in [0.3, 0.4) is 0 Å². The fourth-order valence-electron chi connectivity index (χ4n) is 6.67. The smallest absolute Gasteiger partial charge is 0.120 e. The summed E-state index contributed by atoms with van der Waals surface area (Å²) in [6, 6.07) is 0.796. The Hall–Kier alpha value is -0.370. The van der Waals surface area contributed by atoms with Crippen LogP contribution in [0.25, 0.3) is 0 Å². The van der Waals surface area contributed by atoms with E-state index in [1.54, 1.807) is 0 Å². The number of carbonyl (C=O) groups excluding carboxylic acids is 1. The van der Waals surface area contributed by atoms with E-state index in [1.807, 2.05) is 0 Å². The van der Waals surface area contributed by atoms with E-state index >= 15 is 0 Å². The van der Waals surface area contributed by atoms with Gasteiger partial charge in [0.2, 0.25) is 0 Å². The topological polar surface area (TPSA) is 20.3 Å². The number of rotatable bonds is 10. The van der Waals surface area contributed by atoms with E-state index in [2.05, 4.69) is 18.7 Å². The number of likely N-dealkylation sites (tertiary alicyclic amines) is 1. The van der Waals surface area contributed by atoms with E-state index < -0.39 is 0 Å². The Kier molecular flexibility index (Phi) is 8.68. The van der Waals surface area contributed by atoms with Crippen LogP contribution in [0, 0.1) is 29.6 Å². The van der Waals surface area contributed by atoms with Gasteiger partial charge in [-0.15, -0.1) is 0 Å². The minimum absolute atomic E-state index is 0.651. The van der Waals surface area contributed by atoms with Crippen molar-refractivity contribution >= 4 is 6.29 Å². The molecule has 0 aromatic carbocycles. The molecule has 0 spiro atoms. The van der Waals surface area contributed by atoms with Gasteiger partial charge < -0.3 is 4.79 Å². The molecule has 2 aliphatic carbocycles. The van der Waals surface area contributed by atoms with Gasteiger partial charge in [0.15, 0.2) is 0 Å². The zero-order chi connectivity index (χ0) is 19.1. The van der Waals surface area contributed by atoms with Crippen LogP contribution in [-0.4, -0.2) is 30.3 Å². The molecule has 0 aromatic heterocycles. The van der Waals surface area contributed by atoms with Crippen molar-refractivity contribution in [3.05, 3.63) is 0 Å². The average molecular weight is 376 g/mol. The molecule has 2 nitrogen and oxygen atoms in total. The van der Waals surface area contributed by atoms with Crippen molar-refractivity contribution in [3.8, 4) is 0 Å². The van der Waals surface area contributed by atoms with Gasteiger partial charge in [-0.05, 0) is 74.7 Å². The third-order valence-corrected chi connectivity index (χ3v) is 8.37. The molecule has 3 aliphatic rings. The molecule has 2 heteroatoms. The third-order valence-electron chi connectivity index (χ3n) is 8.37. The van der Waals surface area contributed by atoms with E-state index in [9.17, 15) is 4.79 Å². The predicted molar refractivity (Wildman–Crippen MR) is 115 cm³/mol. The lowest BCUT2D eigenvalue weighted by Gasteiger charge is -2.41. The van der Waals surface area contributed by atoms with E-state index in [-0.39, 0.29) is 0 Å². The van der Waals surface area contributed by atoms with Crippen molar-refractivity contribution in [2.75, 3.05) is 13.1 Å². The highest BCUT2D eigenvalue weighted by Crippen LogP contribution is 2.48. The van der Waals surface area contributed by atoms with Crippen LogP contribution in [0.15, 0.2) is 0 Å². The zero-order valence-corrected chi connectivity index (χ0v) is 18.2. The van der Waals surface area contributed by atoms with Crippen LogP contribution in [-0.2, 0) is 4.79 Å². The van der Waals surface area contributed by atoms with Gasteiger partial charge in [-0.25, -0.2) is 0 Å². The summed E-state index contributed by atoms with van der Waals surface area (Å²) in [5.41, 5.74) is 0. The molecule has 1 aliphatic heterocycles. The number of nitrogens with zero attached hydrogens (tertiary/aromatic N) is 1. The minimum atomic E-state index is 0.651. The van der Waals surface area contributed by atoms with E-state index in [0.29, 0.717) is 5.92 Å². The summed E-state index contributed by atoms with van der Waals surface area (Å²) in [6.45, 7) is 7.22. The molecule has 0 radical (unpaired) electrons. The van der Waals surface area contributed by atoms with Gasteiger partial charge in [-0.1, -0.05) is 58.8 Å². The third kappa shape index (κ3) is 5.81. The Morgan fingerprint density at radius 2 is 1.59 bits per heavy atom. The van der Waals surface area contributed by atoms with Crippen LogP contribution in [0.1, 0.15) is 104 Å². The van der Waals surface area contributed by atoms with Crippen LogP contribution in [0.5, 0.6) is 0 Å². The Balaban J connectivity index is 1.49. The van der Waals surface area contributed by atoms with Gasteiger partial charge in [0.1, 0.15) is 6.29 Å². The van der Waals surface area contributed by atoms with E-state index in [1.165, 1.54) is 103 Å². The molecule has 3 rings (SSSR count). The Labute approximate surface area is 168 Å². The standard InChI is InChI=1S/C25H45NO/c1-3-4-5-6-7-8-16-26-19-23(15-17-27)24-18-22(13-14-25(24)26)21-11-9-20(2)10-12-21/h17,20-25H,3-16,18-19H2,1-2H3. The fourth-order valence-corrected chi connectivity index (χ4v) is 6.67. The predicted octanol–water partition coefficient (Wildman–Crippen LogP) is 6.48. The SMILES string of the molecule is CCCCCCCCN1CC(CC=O)C2CC(C3CCC(C)CC3)CCC21. The van der Waals surface area contributed by atoms with Crippen LogP contribution >= 0.6 is 0 Å². The number of hydrogen-bond donors (Lipinski definition) is 0. The number of unbranched alkanes of at least 4 members (excludes halogenated alkanes) is 5. The lowest BCUT2D eigenvalue weighted by Crippen LogP contribution is -2.39. The van der Waals surface area contributed by atoms with Crippen molar-refractivity contribution < 1.29 is 4.79 Å². The molecule has 0 N–H and O–H groups in total. The van der Waals surface area contributed by atoms with Crippen molar-refractivity contribution in [1.82, 2.24) is 4.90 Å². The first-order chi connectivity index (χ1) is 13.2. The highest BCUT2D eigenvalue weighted by atomic mass is 16.1. The first-order valence-corrected chi connectivity index (χ1v) is 12.4. The summed E-state index contributed by atoms with van der Waals surface area (Å²) in [6.07, 6.45) is 20.5. The quantitative estimate of drug-likeness (QED) is 0.322. The molecule has 27 heavy (non-hydrogen) atoms. The van der Waals surface area contributed by atoms with Gasteiger partial charge in [0.25, 0.3) is 0 Å². The zero-order valence-electron chi connectivity index (χ0n) is 18.2. The molecule has 0 amide bonds. The van der Waals surface area contributed by atoms with Crippen molar-refractivity contribution in [2.45, 2.75) is 110 Å². The summed E-state index contributed by atoms with van der Waals surface area (Å²) >= 11 is 0. The minimum Gasteiger partial charge on any atom is -0.303 e. The molecule has 1 saturated heterocycles. The van der Waals surface area contributed by atoms with Gasteiger partial charge in [-0.2, -0.15) is 0 Å². The van der Waals surface area contributed by atoms with E-state index in [0.717, 1.165) is 36.1 Å². The van der Waals surface area contributed by atoms with E-state index in [4.69, 9.17) is 0 Å². The fraction of sp³-hybridized carbons (Fsp3) is 0.960. The molecule has 0 aromatic rings. The second kappa shape index (κ2) is 11.0. The summed E-state index contributed by atoms with van der Waals surface area (Å²) in [5, 5.41) is 0. The van der Waals surface area contributed by atoms with Gasteiger partial charge in [-0.3, -0.25) is 4.90 Å². The average Bonchev–Trinajstić information content (AvgIpc) is 3.02. The summed E-state index contributed by atoms with van der Waals surface area (Å²) in [4.78, 5) is 14.1. The molecule has 1 heterocycles. The lowest BCUT2D eigenvalue weighted by molar-refractivity contribution is -0.108. The van der Waals surface area contributed by atoms with Crippen molar-refractivity contribution in [2.24, 2.45) is 29.6 Å². The maximum atomic E-state index is 11.3. The molecule has 4 atom stereocenters. The first-order valence-electron chi connectivity index (χ1n) is 12.4. The largest absolute Gasteiger partial charge is 0.303 e. The summed E-state index contributed by atoms with van der Waals surface area (Å²) in [5.74, 6) is 4.37. The van der Waals surface area contributed by atoms with Crippen LogP contribution in [0.4, 0.5) is 0 Å². The van der Waals surface area contributed by atoms with Gasteiger partial charge in [0, 0.05) is 19.0 Å². The van der Waals surface area contributed by atoms with Crippen LogP contribution in [0.2, 0.25) is 0 Å². The first kappa shape index (κ1) is 21.3. The van der Waals surface area contributed by atoms with Crippen LogP contribution < -0.4 is 0 Å². The second-order valence-corrected chi connectivity index (χ2v) is 10.2. The maximum absolute atomic E-state index is 11.3. The molecule has 0 bridgehead atoms. The molecule has 2 saturated carbocycles. The van der Waals surface area contributed by atoms with Gasteiger partial charge in [0.05, 0.1) is 0 Å². The molecule has 4 unspecified atom stereocenters. The second-order valence-electron chi connectivity index (χ2n) is 10.2. The molecule has 3 fully saturated rings. The summed E-state index contributed by atoms with van der Waals surface area (Å²) < 4.78 is 0. The summed E-state index contributed by atoms with van der Waals surface area (Å²) in [7, 11) is 0. The number of hydrogen-bond acceptors (Lipinski definition) is 2. The Morgan fingerprint density at radius 3 is 2.33 bits per heavy atom. The normalized spacial score (nSPS) is 37.3. The molecular weight excluding hydrogens is 330 g/mol. The Bertz CT molecular complexity index is 428. The van der Waals surface area contributed by atoms with Crippen molar-refractivity contribution in [3.63, 3.8) is 0 Å². The maximum Gasteiger partial charge on any atom is 0.120 e. The lowest BCUT2D eigenvalue weighted by atomic mass is 9.66. The molecular formula is C25H45NO. The van der Waals surface area contributed by atoms with Gasteiger partial charge >= 0.3 is 0 Å². The monoisotopic (exact) mass is 375 g/mol. The highest BCUT2D eigenvalue weighted by molar-refractivity contribution is 5.50. The Morgan fingerprint density at radius 1 is 0.889 bits per heavy atom. The molecule has 156 valence electrons. The number of fused-ring (bicyclic) bond motifs is 1. The van der Waals surface area contributed by atoms with Crippen molar-refractivity contribution in [1.29, 1.82) is 0 Å². The highest BCUT2D eigenvalue weighted by Gasteiger charge is 2.45. The number of carbonyl (C=O) groups is 1. The number of aldehydes is 1.